The number of hydrogen-bond acceptors (Lipinski definition) is 4. The van der Waals surface area contributed by atoms with Crippen molar-refractivity contribution in [2.75, 3.05) is 20.1 Å². The van der Waals surface area contributed by atoms with Crippen LogP contribution in [0.25, 0.3) is 0 Å². The van der Waals surface area contributed by atoms with E-state index >= 15 is 0 Å². The molecule has 0 N–H and O–H groups in total. The highest BCUT2D eigenvalue weighted by Gasteiger charge is 2.27. The van der Waals surface area contributed by atoms with Gasteiger partial charge in [-0.25, -0.2) is 0 Å². The molecule has 134 valence electrons. The van der Waals surface area contributed by atoms with Gasteiger partial charge >= 0.3 is 0 Å². The maximum Gasteiger partial charge on any atom is 0.255 e. The van der Waals surface area contributed by atoms with E-state index in [2.05, 4.69) is 35.0 Å². The Balaban J connectivity index is 1.50. The predicted octanol–water partition coefficient (Wildman–Crippen LogP) is 2.93. The number of aryl methyl sites for hydroxylation is 1. The van der Waals surface area contributed by atoms with Crippen LogP contribution in [0.15, 0.2) is 11.4 Å². The third-order valence-electron chi connectivity index (χ3n) is 5.40. The van der Waals surface area contributed by atoms with Gasteiger partial charge in [-0.1, -0.05) is 6.92 Å². The zero-order chi connectivity index (χ0) is 17.4. The van der Waals surface area contributed by atoms with Crippen molar-refractivity contribution in [1.29, 1.82) is 0 Å². The van der Waals surface area contributed by atoms with Crippen molar-refractivity contribution >= 4 is 17.2 Å². The summed E-state index contributed by atoms with van der Waals surface area (Å²) in [6.45, 7) is 6.24. The average Bonchev–Trinajstić information content (AvgIpc) is 3.23. The van der Waals surface area contributed by atoms with Gasteiger partial charge in [-0.05, 0) is 50.9 Å². The molecule has 0 fully saturated rings. The normalized spacial score (nSPS) is 16.8. The highest BCUT2D eigenvalue weighted by molar-refractivity contribution is 7.10. The van der Waals surface area contributed by atoms with Gasteiger partial charge in [0.2, 0.25) is 0 Å². The quantitative estimate of drug-likeness (QED) is 0.844. The Morgan fingerprint density at radius 1 is 1.32 bits per heavy atom. The number of hydrogen-bond donors (Lipinski definition) is 0. The second-order valence-corrected chi connectivity index (χ2v) is 8.13. The largest absolute Gasteiger partial charge is 0.331 e. The highest BCUT2D eigenvalue weighted by atomic mass is 32.1. The monoisotopic (exact) mass is 358 g/mol. The molecule has 3 heterocycles. The standard InChI is InChI=1S/C19H26N4OS/c1-3-21(2)11-14-10-15-12-22(8-9-23(15)20-14)19(24)17-13-25-18-7-5-4-6-16(17)18/h10,13H,3-9,11-12H2,1-2H3. The molecule has 0 saturated heterocycles. The first-order valence-electron chi connectivity index (χ1n) is 9.28. The van der Waals surface area contributed by atoms with Crippen LogP contribution >= 0.6 is 11.3 Å². The average molecular weight is 359 g/mol. The molecule has 2 aromatic heterocycles. The Kier molecular flexibility index (Phi) is 4.65. The Bertz CT molecular complexity index is 778. The van der Waals surface area contributed by atoms with Crippen LogP contribution in [0, 0.1) is 0 Å². The third kappa shape index (κ3) is 3.25. The lowest BCUT2D eigenvalue weighted by atomic mass is 9.95. The maximum atomic E-state index is 13.1. The van der Waals surface area contributed by atoms with Gasteiger partial charge in [0.1, 0.15) is 0 Å². The predicted molar refractivity (Wildman–Crippen MR) is 99.9 cm³/mol. The molecule has 0 spiro atoms. The fourth-order valence-electron chi connectivity index (χ4n) is 3.81. The first kappa shape index (κ1) is 16.8. The Morgan fingerprint density at radius 2 is 2.16 bits per heavy atom. The minimum atomic E-state index is 0.207. The summed E-state index contributed by atoms with van der Waals surface area (Å²) >= 11 is 1.77. The summed E-state index contributed by atoms with van der Waals surface area (Å²) in [6, 6.07) is 2.16. The molecule has 0 aromatic carbocycles. The number of carbonyl (C=O) groups is 1. The molecule has 0 bridgehead atoms. The maximum absolute atomic E-state index is 13.1. The molecule has 6 heteroatoms. The van der Waals surface area contributed by atoms with E-state index in [4.69, 9.17) is 5.10 Å². The van der Waals surface area contributed by atoms with Gasteiger partial charge in [0.05, 0.1) is 30.0 Å². The fraction of sp³-hybridized carbons (Fsp3) is 0.579. The van der Waals surface area contributed by atoms with Gasteiger partial charge in [-0.2, -0.15) is 5.10 Å². The summed E-state index contributed by atoms with van der Waals surface area (Å²) in [5.41, 5.74) is 4.54. The molecule has 0 radical (unpaired) electrons. The first-order chi connectivity index (χ1) is 12.2. The van der Waals surface area contributed by atoms with Crippen LogP contribution in [-0.2, 0) is 32.5 Å². The van der Waals surface area contributed by atoms with Crippen LogP contribution in [0.4, 0.5) is 0 Å². The highest BCUT2D eigenvalue weighted by Crippen LogP contribution is 2.31. The molecule has 0 saturated carbocycles. The minimum Gasteiger partial charge on any atom is -0.331 e. The van der Waals surface area contributed by atoms with Gasteiger partial charge < -0.3 is 9.80 Å². The fourth-order valence-corrected chi connectivity index (χ4v) is 4.93. The van der Waals surface area contributed by atoms with Crippen molar-refractivity contribution in [1.82, 2.24) is 19.6 Å². The zero-order valence-corrected chi connectivity index (χ0v) is 15.9. The molecule has 1 amide bonds. The summed E-state index contributed by atoms with van der Waals surface area (Å²) in [5.74, 6) is 0.207. The molecule has 1 aliphatic heterocycles. The second kappa shape index (κ2) is 6.92. The second-order valence-electron chi connectivity index (χ2n) is 7.17. The molecule has 2 aliphatic rings. The van der Waals surface area contributed by atoms with Crippen molar-refractivity contribution in [3.63, 3.8) is 0 Å². The molecule has 0 atom stereocenters. The van der Waals surface area contributed by atoms with Crippen molar-refractivity contribution in [2.45, 2.75) is 52.2 Å². The molecular weight excluding hydrogens is 332 g/mol. The van der Waals surface area contributed by atoms with Crippen molar-refractivity contribution in [3.05, 3.63) is 38.8 Å². The Hall–Kier alpha value is -1.66. The Morgan fingerprint density at radius 3 is 3.00 bits per heavy atom. The number of aromatic nitrogens is 2. The topological polar surface area (TPSA) is 41.4 Å². The van der Waals surface area contributed by atoms with E-state index in [0.29, 0.717) is 6.54 Å². The number of carbonyl (C=O) groups excluding carboxylic acids is 1. The summed E-state index contributed by atoms with van der Waals surface area (Å²) in [5, 5.41) is 6.79. The van der Waals surface area contributed by atoms with Crippen molar-refractivity contribution in [3.8, 4) is 0 Å². The lowest BCUT2D eigenvalue weighted by Gasteiger charge is -2.28. The summed E-state index contributed by atoms with van der Waals surface area (Å²) in [4.78, 5) is 18.7. The zero-order valence-electron chi connectivity index (χ0n) is 15.1. The first-order valence-corrected chi connectivity index (χ1v) is 10.2. The molecule has 1 aliphatic carbocycles. The van der Waals surface area contributed by atoms with Gasteiger partial charge in [0.15, 0.2) is 0 Å². The van der Waals surface area contributed by atoms with E-state index < -0.39 is 0 Å². The summed E-state index contributed by atoms with van der Waals surface area (Å²) in [7, 11) is 2.11. The molecule has 4 rings (SSSR count). The SMILES string of the molecule is CCN(C)Cc1cc2n(n1)CCN(C(=O)c1csc3c1CCCC3)C2. The summed E-state index contributed by atoms with van der Waals surface area (Å²) < 4.78 is 2.08. The Labute approximate surface area is 153 Å². The van der Waals surface area contributed by atoms with E-state index in [9.17, 15) is 4.79 Å². The van der Waals surface area contributed by atoms with E-state index in [-0.39, 0.29) is 5.91 Å². The van der Waals surface area contributed by atoms with Crippen LogP contribution in [0.2, 0.25) is 0 Å². The van der Waals surface area contributed by atoms with Crippen LogP contribution in [-0.4, -0.2) is 45.6 Å². The smallest absolute Gasteiger partial charge is 0.255 e. The van der Waals surface area contributed by atoms with Crippen LogP contribution < -0.4 is 0 Å². The van der Waals surface area contributed by atoms with Crippen molar-refractivity contribution < 1.29 is 4.79 Å². The third-order valence-corrected chi connectivity index (χ3v) is 6.49. The number of thiophene rings is 1. The van der Waals surface area contributed by atoms with Gasteiger partial charge in [0.25, 0.3) is 5.91 Å². The van der Waals surface area contributed by atoms with Gasteiger partial charge in [-0.15, -0.1) is 11.3 Å². The van der Waals surface area contributed by atoms with Crippen LogP contribution in [0.5, 0.6) is 0 Å². The van der Waals surface area contributed by atoms with Crippen LogP contribution in [0.3, 0.4) is 0 Å². The van der Waals surface area contributed by atoms with Crippen LogP contribution in [0.1, 0.15) is 52.0 Å². The lowest BCUT2D eigenvalue weighted by Crippen LogP contribution is -2.38. The van der Waals surface area contributed by atoms with Gasteiger partial charge in [-0.3, -0.25) is 9.48 Å². The lowest BCUT2D eigenvalue weighted by molar-refractivity contribution is 0.0705. The number of nitrogens with zero attached hydrogens (tertiary/aromatic N) is 4. The molecule has 2 aromatic rings. The number of rotatable bonds is 4. The number of amides is 1. The van der Waals surface area contributed by atoms with E-state index in [1.54, 1.807) is 11.3 Å². The molecular formula is C19H26N4OS. The van der Waals surface area contributed by atoms with E-state index in [1.807, 2.05) is 4.90 Å². The van der Waals surface area contributed by atoms with Crippen molar-refractivity contribution in [2.24, 2.45) is 0 Å². The number of fused-ring (bicyclic) bond motifs is 2. The van der Waals surface area contributed by atoms with E-state index in [0.717, 1.165) is 56.0 Å². The van der Waals surface area contributed by atoms with Gasteiger partial charge in [0, 0.05) is 23.3 Å². The minimum absolute atomic E-state index is 0.207. The summed E-state index contributed by atoms with van der Waals surface area (Å²) in [6.07, 6.45) is 4.69. The molecule has 25 heavy (non-hydrogen) atoms. The molecule has 5 nitrogen and oxygen atoms in total. The molecule has 0 unspecified atom stereocenters. The van der Waals surface area contributed by atoms with E-state index in [1.165, 1.54) is 23.3 Å².